The first-order valence-electron chi connectivity index (χ1n) is 13.8. The minimum absolute atomic E-state index is 0.143. The number of carbonyl (C=O) groups excluding carboxylic acids is 3. The van der Waals surface area contributed by atoms with Crippen molar-refractivity contribution in [3.63, 3.8) is 0 Å². The first-order valence-corrected chi connectivity index (χ1v) is 13.8. The number of amides is 3. The Hall–Kier alpha value is -4.14. The molecule has 3 amide bonds. The summed E-state index contributed by atoms with van der Waals surface area (Å²) in [5.41, 5.74) is 8.52. The van der Waals surface area contributed by atoms with Crippen molar-refractivity contribution in [1.82, 2.24) is 25.7 Å². The zero-order valence-corrected chi connectivity index (χ0v) is 22.5. The molecule has 0 spiro atoms. The lowest BCUT2D eigenvalue weighted by atomic mass is 9.85. The van der Waals surface area contributed by atoms with Gasteiger partial charge in [-0.2, -0.15) is 5.10 Å². The molecule has 0 radical (unpaired) electrons. The SMILES string of the molecule is CCNC(=O)[C@H](CCC1CCCCC1)NC(=O)c1ccc(CNC(=O)c2cnn(-c3ccccc3)c2N)cc1. The molecule has 1 saturated carbocycles. The highest BCUT2D eigenvalue weighted by Gasteiger charge is 2.23. The highest BCUT2D eigenvalue weighted by molar-refractivity contribution is 5.99. The Bertz CT molecular complexity index is 1250. The van der Waals surface area contributed by atoms with Gasteiger partial charge < -0.3 is 21.7 Å². The van der Waals surface area contributed by atoms with E-state index in [0.29, 0.717) is 30.0 Å². The fraction of sp³-hybridized carbons (Fsp3) is 0.400. The Labute approximate surface area is 229 Å². The van der Waals surface area contributed by atoms with Crippen molar-refractivity contribution in [2.45, 2.75) is 64.5 Å². The van der Waals surface area contributed by atoms with Crippen LogP contribution in [0.25, 0.3) is 5.69 Å². The van der Waals surface area contributed by atoms with Gasteiger partial charge in [0.1, 0.15) is 17.4 Å². The van der Waals surface area contributed by atoms with Crippen molar-refractivity contribution in [3.8, 4) is 5.69 Å². The molecule has 1 aliphatic rings. The normalized spacial score (nSPS) is 14.4. The van der Waals surface area contributed by atoms with Crippen molar-refractivity contribution in [2.75, 3.05) is 12.3 Å². The van der Waals surface area contributed by atoms with E-state index in [1.54, 1.807) is 24.3 Å². The number of hydrogen-bond donors (Lipinski definition) is 4. The molecule has 4 rings (SSSR count). The van der Waals surface area contributed by atoms with Crippen LogP contribution >= 0.6 is 0 Å². The van der Waals surface area contributed by atoms with Gasteiger partial charge >= 0.3 is 0 Å². The van der Waals surface area contributed by atoms with Gasteiger partial charge in [-0.15, -0.1) is 0 Å². The van der Waals surface area contributed by atoms with Gasteiger partial charge in [0.2, 0.25) is 5.91 Å². The summed E-state index contributed by atoms with van der Waals surface area (Å²) in [5.74, 6) is 0.127. The Morgan fingerprint density at radius 3 is 2.38 bits per heavy atom. The zero-order valence-electron chi connectivity index (χ0n) is 22.5. The van der Waals surface area contributed by atoms with Crippen LogP contribution in [0.4, 0.5) is 5.82 Å². The molecular weight excluding hydrogens is 492 g/mol. The summed E-state index contributed by atoms with van der Waals surface area (Å²) < 4.78 is 1.52. The van der Waals surface area contributed by atoms with Crippen molar-refractivity contribution < 1.29 is 14.4 Å². The van der Waals surface area contributed by atoms with Crippen LogP contribution in [-0.2, 0) is 11.3 Å². The van der Waals surface area contributed by atoms with Gasteiger partial charge in [-0.05, 0) is 55.5 Å². The topological polar surface area (TPSA) is 131 Å². The first-order chi connectivity index (χ1) is 19.0. The largest absolute Gasteiger partial charge is 0.383 e. The van der Waals surface area contributed by atoms with Gasteiger partial charge in [-0.3, -0.25) is 14.4 Å². The summed E-state index contributed by atoms with van der Waals surface area (Å²) in [6.45, 7) is 2.66. The van der Waals surface area contributed by atoms with Crippen molar-refractivity contribution in [2.24, 2.45) is 5.92 Å². The van der Waals surface area contributed by atoms with E-state index in [1.807, 2.05) is 37.3 Å². The number of nitrogens with two attached hydrogens (primary N) is 1. The molecule has 1 fully saturated rings. The van der Waals surface area contributed by atoms with E-state index in [9.17, 15) is 14.4 Å². The average Bonchev–Trinajstić information content (AvgIpc) is 3.36. The lowest BCUT2D eigenvalue weighted by molar-refractivity contribution is -0.123. The predicted octanol–water partition coefficient (Wildman–Crippen LogP) is 3.98. The molecule has 9 nitrogen and oxygen atoms in total. The monoisotopic (exact) mass is 530 g/mol. The van der Waals surface area contributed by atoms with Crippen LogP contribution in [0.2, 0.25) is 0 Å². The van der Waals surface area contributed by atoms with E-state index in [4.69, 9.17) is 5.73 Å². The number of likely N-dealkylation sites (N-methyl/N-ethyl adjacent to an activating group) is 1. The van der Waals surface area contributed by atoms with Gasteiger partial charge in [0.05, 0.1) is 11.9 Å². The van der Waals surface area contributed by atoms with Crippen LogP contribution < -0.4 is 21.7 Å². The molecule has 5 N–H and O–H groups in total. The summed E-state index contributed by atoms with van der Waals surface area (Å²) in [5, 5.41) is 12.9. The minimum atomic E-state index is -0.555. The van der Waals surface area contributed by atoms with Gasteiger partial charge in [0.15, 0.2) is 0 Å². The number of para-hydroxylation sites is 1. The molecule has 3 aromatic rings. The van der Waals surface area contributed by atoms with Crippen LogP contribution in [0.3, 0.4) is 0 Å². The van der Waals surface area contributed by atoms with Crippen molar-refractivity contribution in [1.29, 1.82) is 0 Å². The van der Waals surface area contributed by atoms with E-state index < -0.39 is 6.04 Å². The Morgan fingerprint density at radius 1 is 0.974 bits per heavy atom. The number of rotatable bonds is 11. The van der Waals surface area contributed by atoms with Crippen LogP contribution in [0.5, 0.6) is 0 Å². The second kappa shape index (κ2) is 13.6. The van der Waals surface area contributed by atoms with E-state index >= 15 is 0 Å². The second-order valence-corrected chi connectivity index (χ2v) is 10.1. The summed E-state index contributed by atoms with van der Waals surface area (Å²) in [6, 6.07) is 15.8. The Balaban J connectivity index is 1.32. The molecule has 0 bridgehead atoms. The molecule has 0 unspecified atom stereocenters. The molecule has 9 heteroatoms. The maximum absolute atomic E-state index is 13.0. The number of carbonyl (C=O) groups is 3. The molecule has 0 aliphatic heterocycles. The lowest BCUT2D eigenvalue weighted by Gasteiger charge is -2.24. The van der Waals surface area contributed by atoms with E-state index in [-0.39, 0.29) is 30.1 Å². The van der Waals surface area contributed by atoms with Crippen LogP contribution in [0.1, 0.15) is 78.1 Å². The second-order valence-electron chi connectivity index (χ2n) is 10.1. The zero-order chi connectivity index (χ0) is 27.6. The Kier molecular flexibility index (Phi) is 9.72. The van der Waals surface area contributed by atoms with E-state index in [2.05, 4.69) is 21.0 Å². The average molecular weight is 531 g/mol. The van der Waals surface area contributed by atoms with Gasteiger partial charge in [0, 0.05) is 18.7 Å². The number of nitrogens with one attached hydrogen (secondary N) is 3. The van der Waals surface area contributed by atoms with Gasteiger partial charge in [0.25, 0.3) is 11.8 Å². The number of nitrogens with zero attached hydrogens (tertiary/aromatic N) is 2. The maximum Gasteiger partial charge on any atom is 0.256 e. The smallest absolute Gasteiger partial charge is 0.256 e. The maximum atomic E-state index is 13.0. The van der Waals surface area contributed by atoms with Crippen LogP contribution in [0, 0.1) is 5.92 Å². The quantitative estimate of drug-likeness (QED) is 0.298. The van der Waals surface area contributed by atoms with Gasteiger partial charge in [-0.1, -0.05) is 62.4 Å². The van der Waals surface area contributed by atoms with Crippen molar-refractivity contribution in [3.05, 3.63) is 77.5 Å². The number of nitrogen functional groups attached to an aromatic ring is 1. The van der Waals surface area contributed by atoms with Crippen molar-refractivity contribution >= 4 is 23.5 Å². The number of anilines is 1. The molecule has 1 aliphatic carbocycles. The molecule has 1 heterocycles. The van der Waals surface area contributed by atoms with Crippen LogP contribution in [-0.4, -0.2) is 40.1 Å². The summed E-state index contributed by atoms with van der Waals surface area (Å²) >= 11 is 0. The molecular formula is C30H38N6O3. The van der Waals surface area contributed by atoms with Crippen LogP contribution in [0.15, 0.2) is 60.8 Å². The fourth-order valence-corrected chi connectivity index (χ4v) is 5.05. The third kappa shape index (κ3) is 7.46. The summed E-state index contributed by atoms with van der Waals surface area (Å²) in [4.78, 5) is 38.3. The molecule has 1 aromatic heterocycles. The highest BCUT2D eigenvalue weighted by atomic mass is 16.2. The molecule has 206 valence electrons. The summed E-state index contributed by atoms with van der Waals surface area (Å²) in [6.07, 6.45) is 9.22. The lowest BCUT2D eigenvalue weighted by Crippen LogP contribution is -2.46. The summed E-state index contributed by atoms with van der Waals surface area (Å²) in [7, 11) is 0. The molecule has 1 atom stereocenters. The highest BCUT2D eigenvalue weighted by Crippen LogP contribution is 2.28. The third-order valence-electron chi connectivity index (χ3n) is 7.28. The number of hydrogen-bond acceptors (Lipinski definition) is 5. The van der Waals surface area contributed by atoms with E-state index in [0.717, 1.165) is 17.7 Å². The standard InChI is InChI=1S/C30H38N6O3/c1-2-32-30(39)26(18-15-21-9-5-3-6-10-21)35-28(37)23-16-13-22(14-17-23)19-33-29(38)25-20-34-36(27(25)31)24-11-7-4-8-12-24/h4,7-8,11-14,16-17,20-21,26H,2-3,5-6,9-10,15,18-19,31H2,1H3,(H,32,39)(H,33,38)(H,35,37)/t26-/m0/s1. The predicted molar refractivity (Wildman–Crippen MR) is 151 cm³/mol. The molecule has 0 saturated heterocycles. The first kappa shape index (κ1) is 27.9. The third-order valence-corrected chi connectivity index (χ3v) is 7.28. The fourth-order valence-electron chi connectivity index (χ4n) is 5.05. The number of aromatic nitrogens is 2. The minimum Gasteiger partial charge on any atom is -0.383 e. The molecule has 2 aromatic carbocycles. The molecule has 39 heavy (non-hydrogen) atoms. The van der Waals surface area contributed by atoms with E-state index in [1.165, 1.54) is 43.0 Å². The van der Waals surface area contributed by atoms with Gasteiger partial charge in [-0.25, -0.2) is 4.68 Å². The Morgan fingerprint density at radius 2 is 1.69 bits per heavy atom. The number of benzene rings is 2.